The van der Waals surface area contributed by atoms with E-state index in [1.54, 1.807) is 4.90 Å². The SMILES string of the molecule is O=C([O-])CN1CCN2CC(=O)O[C@]23CCN(CC(=O)[O-])CC(=O)[O][In]3[O]C(=O)C1. The van der Waals surface area contributed by atoms with Gasteiger partial charge in [0.1, 0.15) is 0 Å². The van der Waals surface area contributed by atoms with E-state index in [0.29, 0.717) is 0 Å². The van der Waals surface area contributed by atoms with Gasteiger partial charge < -0.3 is 0 Å². The Morgan fingerprint density at radius 3 is 1.97 bits per heavy atom. The van der Waals surface area contributed by atoms with Gasteiger partial charge in [-0.05, 0) is 0 Å². The second kappa shape index (κ2) is 8.85. The summed E-state index contributed by atoms with van der Waals surface area (Å²) in [6.45, 7) is -1.52. The molecule has 3 rings (SSSR count). The van der Waals surface area contributed by atoms with Crippen LogP contribution in [0.1, 0.15) is 6.42 Å². The number of nitrogens with zero attached hydrogens (tertiary/aromatic N) is 3. The number of rotatable bonds is 4. The van der Waals surface area contributed by atoms with Gasteiger partial charge in [0.2, 0.25) is 0 Å². The zero-order valence-electron chi connectivity index (χ0n) is 15.4. The van der Waals surface area contributed by atoms with E-state index in [9.17, 15) is 34.2 Å². The number of ether oxygens (including phenoxy) is 1. The first-order valence-corrected chi connectivity index (χ1v) is 13.2. The number of aliphatic carboxylic acids is 2. The van der Waals surface area contributed by atoms with Gasteiger partial charge in [-0.2, -0.15) is 0 Å². The normalized spacial score (nSPS) is 27.2. The first-order valence-electron chi connectivity index (χ1n) is 8.88. The maximum atomic E-state index is 12.3. The fourth-order valence-electron chi connectivity index (χ4n) is 3.64. The quantitative estimate of drug-likeness (QED) is 0.325. The Labute approximate surface area is 173 Å². The van der Waals surface area contributed by atoms with E-state index in [1.165, 1.54) is 9.80 Å². The average molecular weight is 515 g/mol. The number of carboxylic acids is 2. The fraction of sp³-hybridized carbons (Fsp3) is 0.667. The molecule has 0 saturated carbocycles. The molecule has 29 heavy (non-hydrogen) atoms. The molecular weight excluding hydrogens is 497 g/mol. The summed E-state index contributed by atoms with van der Waals surface area (Å²) >= 11 is -4.21. The molecule has 3 heterocycles. The van der Waals surface area contributed by atoms with Crippen molar-refractivity contribution in [3.05, 3.63) is 0 Å². The van der Waals surface area contributed by atoms with E-state index >= 15 is 0 Å². The van der Waals surface area contributed by atoms with Crippen LogP contribution in [0.4, 0.5) is 0 Å². The number of esters is 1. The van der Waals surface area contributed by atoms with E-state index in [1.807, 2.05) is 0 Å². The Bertz CT molecular complexity index is 719. The third kappa shape index (κ3) is 5.18. The van der Waals surface area contributed by atoms with Crippen molar-refractivity contribution in [1.29, 1.82) is 0 Å². The van der Waals surface area contributed by atoms with E-state index in [-0.39, 0.29) is 45.7 Å². The van der Waals surface area contributed by atoms with Gasteiger partial charge in [-0.25, -0.2) is 0 Å². The summed E-state index contributed by atoms with van der Waals surface area (Å²) in [5.74, 6) is -4.92. The van der Waals surface area contributed by atoms with Crippen LogP contribution < -0.4 is 10.2 Å². The van der Waals surface area contributed by atoms with E-state index in [0.717, 1.165) is 0 Å². The zero-order chi connectivity index (χ0) is 21.2. The molecule has 0 unspecified atom stereocenters. The average Bonchev–Trinajstić information content (AvgIpc) is 2.92. The van der Waals surface area contributed by atoms with Gasteiger partial charge in [0, 0.05) is 0 Å². The molecule has 0 aromatic rings. The Morgan fingerprint density at radius 1 is 0.862 bits per heavy atom. The summed E-state index contributed by atoms with van der Waals surface area (Å²) in [5.41, 5.74) is 0. The molecule has 3 fully saturated rings. The summed E-state index contributed by atoms with van der Waals surface area (Å²) < 4.78 is 15.0. The van der Waals surface area contributed by atoms with Crippen molar-refractivity contribution in [3.8, 4) is 0 Å². The third-order valence-corrected chi connectivity index (χ3v) is 11.9. The molecule has 0 aliphatic carbocycles. The van der Waals surface area contributed by atoms with Crippen molar-refractivity contribution in [1.82, 2.24) is 14.7 Å². The Kier molecular flexibility index (Phi) is 6.65. The molecule has 0 bridgehead atoms. The monoisotopic (exact) mass is 515 g/mol. The van der Waals surface area contributed by atoms with Crippen LogP contribution in [-0.2, 0) is 34.4 Å². The van der Waals surface area contributed by atoms with Crippen LogP contribution >= 0.6 is 0 Å². The molecular formula is C15H18InN3O10-2. The van der Waals surface area contributed by atoms with Crippen molar-refractivity contribution in [3.63, 3.8) is 0 Å². The summed E-state index contributed by atoms with van der Waals surface area (Å²) in [6, 6.07) is 0. The molecule has 3 aliphatic heterocycles. The molecule has 14 heteroatoms. The molecule has 0 aromatic carbocycles. The Hall–Kier alpha value is -1.90. The summed E-state index contributed by atoms with van der Waals surface area (Å²) in [5, 5.41) is 21.9. The standard InChI is InChI=1S/C15H22N3O10.In/c19-11(20)5-16(6-12(21)22)2-1-10-18(9-15(27)28-10)4-3-17(7-13(23)24)8-14(25)26;/h1-9H2,(H,19,20)(H,21,22)(H,23,24)(H,25,26);/q;+2/p-4. The number of carboxylic acid groups (broad SMARTS) is 2. The van der Waals surface area contributed by atoms with Crippen molar-refractivity contribution >= 4 is 52.2 Å². The molecule has 3 aliphatic rings. The number of hydrogen-bond acceptors (Lipinski definition) is 13. The molecule has 13 nitrogen and oxygen atoms in total. The van der Waals surface area contributed by atoms with Crippen molar-refractivity contribution in [2.24, 2.45) is 0 Å². The van der Waals surface area contributed by atoms with Crippen molar-refractivity contribution in [2.75, 3.05) is 52.4 Å². The molecule has 1 atom stereocenters. The Morgan fingerprint density at radius 2 is 1.41 bits per heavy atom. The summed E-state index contributed by atoms with van der Waals surface area (Å²) in [7, 11) is 0. The van der Waals surface area contributed by atoms with E-state index in [2.05, 4.69) is 0 Å². The second-order valence-corrected chi connectivity index (χ2v) is 12.8. The number of carbonyl (C=O) groups excluding carboxylic acids is 5. The predicted octanol–water partition coefficient (Wildman–Crippen LogP) is -5.82. The molecule has 0 amide bonds. The van der Waals surface area contributed by atoms with Crippen LogP contribution in [-0.4, -0.2) is 123 Å². The van der Waals surface area contributed by atoms with Gasteiger partial charge in [-0.15, -0.1) is 0 Å². The van der Waals surface area contributed by atoms with Gasteiger partial charge in [-0.1, -0.05) is 0 Å². The second-order valence-electron chi connectivity index (χ2n) is 6.97. The molecule has 1 spiro atoms. The minimum absolute atomic E-state index is 0.0700. The van der Waals surface area contributed by atoms with E-state index in [4.69, 9.17) is 10.4 Å². The van der Waals surface area contributed by atoms with Crippen LogP contribution in [0.25, 0.3) is 0 Å². The summed E-state index contributed by atoms with van der Waals surface area (Å²) in [4.78, 5) is 62.8. The summed E-state index contributed by atoms with van der Waals surface area (Å²) in [6.07, 6.45) is 0.0772. The fourth-order valence-corrected chi connectivity index (χ4v) is 9.78. The number of hydrogen-bond donors (Lipinski definition) is 0. The minimum atomic E-state index is -4.21. The molecule has 158 valence electrons. The molecule has 3 saturated heterocycles. The van der Waals surface area contributed by atoms with E-state index < -0.39 is 68.7 Å². The van der Waals surface area contributed by atoms with Crippen molar-refractivity contribution in [2.45, 2.75) is 9.90 Å². The van der Waals surface area contributed by atoms with Crippen LogP contribution in [0, 0.1) is 0 Å². The third-order valence-electron chi connectivity index (χ3n) is 4.87. The molecule has 0 radical (unpaired) electrons. The van der Waals surface area contributed by atoms with Crippen LogP contribution in [0.5, 0.6) is 0 Å². The molecule has 0 aromatic heterocycles. The van der Waals surface area contributed by atoms with Gasteiger partial charge in [0.15, 0.2) is 0 Å². The topological polar surface area (TPSA) is 169 Å². The van der Waals surface area contributed by atoms with Crippen LogP contribution in [0.3, 0.4) is 0 Å². The predicted molar refractivity (Wildman–Crippen MR) is 85.8 cm³/mol. The Balaban J connectivity index is 1.90. The van der Waals surface area contributed by atoms with Crippen molar-refractivity contribution < 1.29 is 44.6 Å². The number of carbonyl (C=O) groups is 5. The molecule has 0 N–H and O–H groups in total. The van der Waals surface area contributed by atoms with Gasteiger partial charge in [-0.3, -0.25) is 0 Å². The van der Waals surface area contributed by atoms with Crippen LogP contribution in [0.15, 0.2) is 0 Å². The van der Waals surface area contributed by atoms with Crippen LogP contribution in [0.2, 0.25) is 0 Å². The first kappa shape index (κ1) is 21.8. The first-order chi connectivity index (χ1) is 13.7. The van der Waals surface area contributed by atoms with Gasteiger partial charge >= 0.3 is 174 Å². The van der Waals surface area contributed by atoms with Gasteiger partial charge in [0.05, 0.1) is 0 Å². The maximum absolute atomic E-state index is 12.3. The zero-order valence-corrected chi connectivity index (χ0v) is 18.7. The van der Waals surface area contributed by atoms with Gasteiger partial charge in [0.25, 0.3) is 0 Å².